The summed E-state index contributed by atoms with van der Waals surface area (Å²) in [7, 11) is 0. The summed E-state index contributed by atoms with van der Waals surface area (Å²) in [6, 6.07) is 6.16. The standard InChI is InChI=1S/C20H18N4O2S2/c1-10-6-11(2)8-12(7-10)18-23-24-20(26-18)27-9-15-21-17(25)16-13-4-3-5-14(13)28-19(16)22-15/h6-8H,3-5,9H2,1-2H3,(H,21,22,25). The van der Waals surface area contributed by atoms with E-state index < -0.39 is 0 Å². The molecule has 0 atom stereocenters. The molecule has 1 aliphatic rings. The molecule has 8 heteroatoms. The van der Waals surface area contributed by atoms with Gasteiger partial charge in [-0.1, -0.05) is 29.0 Å². The van der Waals surface area contributed by atoms with Gasteiger partial charge in [-0.2, -0.15) is 0 Å². The summed E-state index contributed by atoms with van der Waals surface area (Å²) in [5, 5.41) is 9.52. The van der Waals surface area contributed by atoms with Gasteiger partial charge in [-0.05, 0) is 50.8 Å². The van der Waals surface area contributed by atoms with Crippen LogP contribution >= 0.6 is 23.1 Å². The molecule has 0 amide bonds. The Bertz CT molecular complexity index is 1230. The summed E-state index contributed by atoms with van der Waals surface area (Å²) in [5.74, 6) is 1.61. The van der Waals surface area contributed by atoms with Crippen molar-refractivity contribution in [2.75, 3.05) is 0 Å². The second kappa shape index (κ2) is 6.86. The van der Waals surface area contributed by atoms with Gasteiger partial charge >= 0.3 is 0 Å². The van der Waals surface area contributed by atoms with E-state index in [0.717, 1.165) is 46.2 Å². The van der Waals surface area contributed by atoms with Crippen LogP contribution in [-0.4, -0.2) is 20.2 Å². The number of aryl methyl sites for hydroxylation is 4. The number of hydrogen-bond acceptors (Lipinski definition) is 7. The van der Waals surface area contributed by atoms with Crippen LogP contribution in [0.4, 0.5) is 0 Å². The number of benzene rings is 1. The number of H-pyrrole nitrogens is 1. The fourth-order valence-electron chi connectivity index (χ4n) is 3.73. The number of aromatic nitrogens is 4. The lowest BCUT2D eigenvalue weighted by Crippen LogP contribution is -2.11. The predicted octanol–water partition coefficient (Wildman–Crippen LogP) is 4.43. The van der Waals surface area contributed by atoms with E-state index in [1.54, 1.807) is 11.3 Å². The average Bonchev–Trinajstić information content (AvgIpc) is 3.34. The zero-order valence-electron chi connectivity index (χ0n) is 15.5. The zero-order valence-corrected chi connectivity index (χ0v) is 17.2. The summed E-state index contributed by atoms with van der Waals surface area (Å²) >= 11 is 3.03. The molecule has 6 nitrogen and oxygen atoms in total. The van der Waals surface area contributed by atoms with Crippen LogP contribution < -0.4 is 5.56 Å². The van der Waals surface area contributed by atoms with Crippen molar-refractivity contribution in [3.05, 3.63) is 55.9 Å². The monoisotopic (exact) mass is 410 g/mol. The molecule has 0 saturated carbocycles. The van der Waals surface area contributed by atoms with E-state index in [0.29, 0.717) is 22.7 Å². The third-order valence-electron chi connectivity index (χ3n) is 4.83. The normalized spacial score (nSPS) is 13.4. The minimum Gasteiger partial charge on any atom is -0.411 e. The lowest BCUT2D eigenvalue weighted by Gasteiger charge is -2.00. The molecule has 28 heavy (non-hydrogen) atoms. The first-order valence-electron chi connectivity index (χ1n) is 9.15. The first-order chi connectivity index (χ1) is 13.6. The maximum Gasteiger partial charge on any atom is 0.277 e. The molecule has 1 aliphatic carbocycles. The number of rotatable bonds is 4. The highest BCUT2D eigenvalue weighted by atomic mass is 32.2. The topological polar surface area (TPSA) is 84.7 Å². The minimum absolute atomic E-state index is 0.0403. The molecule has 0 bridgehead atoms. The molecule has 0 fully saturated rings. The van der Waals surface area contributed by atoms with E-state index in [1.807, 2.05) is 26.0 Å². The molecule has 4 aromatic rings. The van der Waals surface area contributed by atoms with Gasteiger partial charge in [0.1, 0.15) is 10.7 Å². The third-order valence-corrected chi connectivity index (χ3v) is 6.85. The van der Waals surface area contributed by atoms with Gasteiger partial charge in [0.25, 0.3) is 10.8 Å². The maximum absolute atomic E-state index is 12.5. The quantitative estimate of drug-likeness (QED) is 0.501. The van der Waals surface area contributed by atoms with Gasteiger partial charge in [-0.3, -0.25) is 4.79 Å². The summed E-state index contributed by atoms with van der Waals surface area (Å²) in [6.07, 6.45) is 3.18. The fraction of sp³-hybridized carbons (Fsp3) is 0.300. The van der Waals surface area contributed by atoms with Crippen LogP contribution in [0.5, 0.6) is 0 Å². The Kier molecular flexibility index (Phi) is 4.32. The highest BCUT2D eigenvalue weighted by Gasteiger charge is 2.21. The minimum atomic E-state index is -0.0403. The summed E-state index contributed by atoms with van der Waals surface area (Å²) in [6.45, 7) is 4.09. The van der Waals surface area contributed by atoms with Crippen LogP contribution in [0.3, 0.4) is 0 Å². The molecule has 3 aromatic heterocycles. The van der Waals surface area contributed by atoms with Crippen LogP contribution in [0, 0.1) is 13.8 Å². The Balaban J connectivity index is 1.37. The molecular formula is C20H18N4O2S2. The molecule has 142 valence electrons. The van der Waals surface area contributed by atoms with Crippen molar-refractivity contribution in [1.82, 2.24) is 20.2 Å². The van der Waals surface area contributed by atoms with Crippen molar-refractivity contribution in [2.45, 2.75) is 44.1 Å². The Morgan fingerprint density at radius 1 is 1.18 bits per heavy atom. The van der Waals surface area contributed by atoms with Crippen LogP contribution in [-0.2, 0) is 18.6 Å². The van der Waals surface area contributed by atoms with E-state index in [1.165, 1.54) is 22.2 Å². The van der Waals surface area contributed by atoms with Gasteiger partial charge in [0.2, 0.25) is 5.89 Å². The molecule has 0 unspecified atom stereocenters. The van der Waals surface area contributed by atoms with Crippen LogP contribution in [0.1, 0.15) is 33.8 Å². The summed E-state index contributed by atoms with van der Waals surface area (Å²) in [5.41, 5.74) is 4.38. The highest BCUT2D eigenvalue weighted by Crippen LogP contribution is 2.35. The molecule has 0 spiro atoms. The Morgan fingerprint density at radius 3 is 2.82 bits per heavy atom. The molecule has 0 aliphatic heterocycles. The SMILES string of the molecule is Cc1cc(C)cc(-c2nnc(SCc3nc4sc5c(c4c(=O)[nH]3)CCC5)o2)c1. The van der Waals surface area contributed by atoms with E-state index >= 15 is 0 Å². The van der Waals surface area contributed by atoms with E-state index in [4.69, 9.17) is 4.42 Å². The number of thiophene rings is 1. The van der Waals surface area contributed by atoms with Gasteiger partial charge in [0, 0.05) is 10.4 Å². The van der Waals surface area contributed by atoms with E-state index in [9.17, 15) is 4.79 Å². The molecule has 5 rings (SSSR count). The second-order valence-corrected chi connectivity index (χ2v) is 9.10. The summed E-state index contributed by atoms with van der Waals surface area (Å²) < 4.78 is 5.79. The smallest absolute Gasteiger partial charge is 0.277 e. The first-order valence-corrected chi connectivity index (χ1v) is 11.0. The van der Waals surface area contributed by atoms with Crippen molar-refractivity contribution < 1.29 is 4.42 Å². The highest BCUT2D eigenvalue weighted by molar-refractivity contribution is 7.98. The molecule has 1 N–H and O–H groups in total. The second-order valence-electron chi connectivity index (χ2n) is 7.09. The lowest BCUT2D eigenvalue weighted by atomic mass is 10.1. The Labute approximate surface area is 169 Å². The van der Waals surface area contributed by atoms with Crippen molar-refractivity contribution in [3.63, 3.8) is 0 Å². The van der Waals surface area contributed by atoms with Crippen molar-refractivity contribution in [3.8, 4) is 11.5 Å². The number of nitrogens with zero attached hydrogens (tertiary/aromatic N) is 3. The van der Waals surface area contributed by atoms with Gasteiger partial charge in [0.15, 0.2) is 0 Å². The van der Waals surface area contributed by atoms with Gasteiger partial charge in [-0.25, -0.2) is 4.98 Å². The lowest BCUT2D eigenvalue weighted by molar-refractivity contribution is 0.465. The first kappa shape index (κ1) is 17.6. The van der Waals surface area contributed by atoms with Crippen molar-refractivity contribution in [1.29, 1.82) is 0 Å². The Hall–Kier alpha value is -2.45. The van der Waals surface area contributed by atoms with E-state index in [-0.39, 0.29) is 5.56 Å². The molecule has 0 radical (unpaired) electrons. The van der Waals surface area contributed by atoms with Gasteiger partial charge < -0.3 is 9.40 Å². The van der Waals surface area contributed by atoms with Crippen LogP contribution in [0.15, 0.2) is 32.6 Å². The number of thioether (sulfide) groups is 1. The maximum atomic E-state index is 12.5. The average molecular weight is 411 g/mol. The molecule has 3 heterocycles. The molecule has 1 aromatic carbocycles. The largest absolute Gasteiger partial charge is 0.411 e. The molecule has 0 saturated heterocycles. The number of aromatic amines is 1. The number of fused-ring (bicyclic) bond motifs is 3. The zero-order chi connectivity index (χ0) is 19.3. The predicted molar refractivity (Wildman–Crippen MR) is 111 cm³/mol. The van der Waals surface area contributed by atoms with Crippen LogP contribution in [0.2, 0.25) is 0 Å². The van der Waals surface area contributed by atoms with Crippen molar-refractivity contribution in [2.24, 2.45) is 0 Å². The number of nitrogens with one attached hydrogen (secondary N) is 1. The fourth-order valence-corrected chi connectivity index (χ4v) is 5.64. The Morgan fingerprint density at radius 2 is 2.00 bits per heavy atom. The van der Waals surface area contributed by atoms with Crippen LogP contribution in [0.25, 0.3) is 21.7 Å². The number of hydrogen-bond donors (Lipinski definition) is 1. The van der Waals surface area contributed by atoms with E-state index in [2.05, 4.69) is 26.2 Å². The summed E-state index contributed by atoms with van der Waals surface area (Å²) in [4.78, 5) is 22.3. The molecular weight excluding hydrogens is 392 g/mol. The third kappa shape index (κ3) is 3.16. The van der Waals surface area contributed by atoms with Crippen molar-refractivity contribution >= 4 is 33.3 Å². The van der Waals surface area contributed by atoms with Gasteiger partial charge in [-0.15, -0.1) is 21.5 Å². The van der Waals surface area contributed by atoms with Gasteiger partial charge in [0.05, 0.1) is 11.1 Å².